The molecular formula is C25H19ClN2O2. The van der Waals surface area contributed by atoms with Gasteiger partial charge in [-0.2, -0.15) is 0 Å². The first-order valence-corrected chi connectivity index (χ1v) is 9.79. The van der Waals surface area contributed by atoms with Crippen LogP contribution in [0.3, 0.4) is 0 Å². The Kier molecular flexibility index (Phi) is 5.77. The standard InChI is InChI=1S/C25H19ClN2O2/c1-30-24-14-3-2-11-21(24)23-13-6-12-22(28-23)17-7-5-10-20(16-17)27-25(29)18-8-4-9-19(26)15-18/h2-16H,1H3,(H,27,29). The number of carbonyl (C=O) groups excluding carboxylic acids is 1. The number of aromatic nitrogens is 1. The number of para-hydroxylation sites is 1. The van der Waals surface area contributed by atoms with Gasteiger partial charge in [0, 0.05) is 27.4 Å². The number of nitrogens with one attached hydrogen (secondary N) is 1. The van der Waals surface area contributed by atoms with Gasteiger partial charge in [-0.15, -0.1) is 0 Å². The number of nitrogens with zero attached hydrogens (tertiary/aromatic N) is 1. The molecule has 1 N–H and O–H groups in total. The van der Waals surface area contributed by atoms with Gasteiger partial charge in [-0.25, -0.2) is 4.98 Å². The molecule has 0 atom stereocenters. The monoisotopic (exact) mass is 414 g/mol. The number of anilines is 1. The van der Waals surface area contributed by atoms with Crippen molar-refractivity contribution in [2.24, 2.45) is 0 Å². The molecule has 30 heavy (non-hydrogen) atoms. The lowest BCUT2D eigenvalue weighted by atomic mass is 10.1. The fourth-order valence-electron chi connectivity index (χ4n) is 3.19. The predicted molar refractivity (Wildman–Crippen MR) is 121 cm³/mol. The molecule has 4 nitrogen and oxygen atoms in total. The van der Waals surface area contributed by atoms with Crippen LogP contribution in [0.25, 0.3) is 22.5 Å². The third-order valence-corrected chi connectivity index (χ3v) is 4.87. The summed E-state index contributed by atoms with van der Waals surface area (Å²) in [6.07, 6.45) is 0. The maximum Gasteiger partial charge on any atom is 0.255 e. The molecule has 0 aliphatic rings. The third kappa shape index (κ3) is 4.34. The second-order valence-corrected chi connectivity index (χ2v) is 7.09. The molecule has 0 bridgehead atoms. The largest absolute Gasteiger partial charge is 0.496 e. The first kappa shape index (κ1) is 19.7. The van der Waals surface area contributed by atoms with Crippen LogP contribution >= 0.6 is 11.6 Å². The number of halogens is 1. The summed E-state index contributed by atoms with van der Waals surface area (Å²) in [5.41, 5.74) is 4.63. The van der Waals surface area contributed by atoms with Crippen LogP contribution in [0, 0.1) is 0 Å². The van der Waals surface area contributed by atoms with E-state index < -0.39 is 0 Å². The zero-order valence-corrected chi connectivity index (χ0v) is 17.1. The van der Waals surface area contributed by atoms with Gasteiger partial charge in [0.2, 0.25) is 0 Å². The SMILES string of the molecule is COc1ccccc1-c1cccc(-c2cccc(NC(=O)c3cccc(Cl)c3)c2)n1. The molecule has 0 aliphatic carbocycles. The normalized spacial score (nSPS) is 10.5. The van der Waals surface area contributed by atoms with E-state index in [4.69, 9.17) is 21.3 Å². The molecule has 148 valence electrons. The van der Waals surface area contributed by atoms with Crippen molar-refractivity contribution in [1.29, 1.82) is 0 Å². The average Bonchev–Trinajstić information content (AvgIpc) is 2.79. The predicted octanol–water partition coefficient (Wildman–Crippen LogP) is 6.33. The molecule has 5 heteroatoms. The molecule has 0 saturated heterocycles. The van der Waals surface area contributed by atoms with Crippen LogP contribution in [0.15, 0.2) is 91.0 Å². The number of pyridine rings is 1. The summed E-state index contributed by atoms with van der Waals surface area (Å²) in [6.45, 7) is 0. The van der Waals surface area contributed by atoms with Gasteiger partial charge in [0.05, 0.1) is 18.5 Å². The molecule has 0 saturated carbocycles. The lowest BCUT2D eigenvalue weighted by molar-refractivity contribution is 0.102. The zero-order valence-electron chi connectivity index (χ0n) is 16.3. The molecule has 0 unspecified atom stereocenters. The number of methoxy groups -OCH3 is 1. The fourth-order valence-corrected chi connectivity index (χ4v) is 3.38. The Bertz CT molecular complexity index is 1210. The van der Waals surface area contributed by atoms with Crippen LogP contribution in [0.1, 0.15) is 10.4 Å². The lowest BCUT2D eigenvalue weighted by Crippen LogP contribution is -2.11. The Morgan fingerprint density at radius 1 is 0.867 bits per heavy atom. The molecule has 4 rings (SSSR count). The average molecular weight is 415 g/mol. The van der Waals surface area contributed by atoms with Crippen molar-refractivity contribution >= 4 is 23.2 Å². The van der Waals surface area contributed by atoms with E-state index in [0.29, 0.717) is 16.3 Å². The van der Waals surface area contributed by atoms with E-state index in [1.165, 1.54) is 0 Å². The van der Waals surface area contributed by atoms with Crippen LogP contribution in [0.5, 0.6) is 5.75 Å². The van der Waals surface area contributed by atoms with Gasteiger partial charge in [-0.05, 0) is 54.6 Å². The lowest BCUT2D eigenvalue weighted by Gasteiger charge is -2.10. The van der Waals surface area contributed by atoms with Crippen molar-refractivity contribution < 1.29 is 9.53 Å². The third-order valence-electron chi connectivity index (χ3n) is 4.64. The van der Waals surface area contributed by atoms with E-state index in [-0.39, 0.29) is 5.91 Å². The number of rotatable bonds is 5. The number of amides is 1. The highest BCUT2D eigenvalue weighted by molar-refractivity contribution is 6.31. The number of benzene rings is 3. The Labute approximate surface area is 180 Å². The van der Waals surface area contributed by atoms with Gasteiger partial charge in [0.1, 0.15) is 5.75 Å². The van der Waals surface area contributed by atoms with Crippen molar-refractivity contribution in [3.8, 4) is 28.3 Å². The summed E-state index contributed by atoms with van der Waals surface area (Å²) in [7, 11) is 1.65. The maximum atomic E-state index is 12.5. The van der Waals surface area contributed by atoms with Gasteiger partial charge in [0.15, 0.2) is 0 Å². The van der Waals surface area contributed by atoms with Crippen molar-refractivity contribution in [1.82, 2.24) is 4.98 Å². The number of hydrogen-bond acceptors (Lipinski definition) is 3. The second kappa shape index (κ2) is 8.80. The number of hydrogen-bond donors (Lipinski definition) is 1. The molecule has 1 heterocycles. The first-order chi connectivity index (χ1) is 14.6. The van der Waals surface area contributed by atoms with Crippen molar-refractivity contribution in [2.45, 2.75) is 0 Å². The molecule has 0 fully saturated rings. The summed E-state index contributed by atoms with van der Waals surface area (Å²) in [5.74, 6) is 0.551. The number of carbonyl (C=O) groups is 1. The Hall–Kier alpha value is -3.63. The summed E-state index contributed by atoms with van der Waals surface area (Å²) in [6, 6.07) is 28.1. The molecule has 1 aromatic heterocycles. The fraction of sp³-hybridized carbons (Fsp3) is 0.0400. The summed E-state index contributed by atoms with van der Waals surface area (Å²) in [5, 5.41) is 3.44. The van der Waals surface area contributed by atoms with Crippen LogP contribution < -0.4 is 10.1 Å². The minimum absolute atomic E-state index is 0.217. The second-order valence-electron chi connectivity index (χ2n) is 6.65. The van der Waals surface area contributed by atoms with Crippen LogP contribution in [-0.4, -0.2) is 18.0 Å². The van der Waals surface area contributed by atoms with E-state index in [0.717, 1.165) is 28.3 Å². The van der Waals surface area contributed by atoms with Gasteiger partial charge in [-0.3, -0.25) is 4.79 Å². The highest BCUT2D eigenvalue weighted by Crippen LogP contribution is 2.30. The molecule has 0 radical (unpaired) electrons. The topological polar surface area (TPSA) is 51.2 Å². The van der Waals surface area contributed by atoms with E-state index in [1.54, 1.807) is 31.4 Å². The van der Waals surface area contributed by atoms with Gasteiger partial charge in [-0.1, -0.05) is 48.0 Å². The smallest absolute Gasteiger partial charge is 0.255 e. The van der Waals surface area contributed by atoms with Crippen LogP contribution in [0.4, 0.5) is 5.69 Å². The van der Waals surface area contributed by atoms with E-state index in [1.807, 2.05) is 66.7 Å². The molecule has 3 aromatic carbocycles. The maximum absolute atomic E-state index is 12.5. The Morgan fingerprint density at radius 2 is 1.63 bits per heavy atom. The van der Waals surface area contributed by atoms with Gasteiger partial charge >= 0.3 is 0 Å². The molecule has 0 spiro atoms. The summed E-state index contributed by atoms with van der Waals surface area (Å²) in [4.78, 5) is 17.3. The van der Waals surface area contributed by atoms with E-state index in [2.05, 4.69) is 5.32 Å². The summed E-state index contributed by atoms with van der Waals surface area (Å²) < 4.78 is 5.46. The Balaban J connectivity index is 1.62. The van der Waals surface area contributed by atoms with Crippen LogP contribution in [0.2, 0.25) is 5.02 Å². The molecular weight excluding hydrogens is 396 g/mol. The Morgan fingerprint density at radius 3 is 2.47 bits per heavy atom. The highest BCUT2D eigenvalue weighted by atomic mass is 35.5. The molecule has 4 aromatic rings. The highest BCUT2D eigenvalue weighted by Gasteiger charge is 2.10. The molecule has 1 amide bonds. The van der Waals surface area contributed by atoms with Crippen LogP contribution in [-0.2, 0) is 0 Å². The van der Waals surface area contributed by atoms with Gasteiger partial charge < -0.3 is 10.1 Å². The quantitative estimate of drug-likeness (QED) is 0.415. The minimum Gasteiger partial charge on any atom is -0.496 e. The minimum atomic E-state index is -0.217. The van der Waals surface area contributed by atoms with Crippen molar-refractivity contribution in [3.63, 3.8) is 0 Å². The van der Waals surface area contributed by atoms with Gasteiger partial charge in [0.25, 0.3) is 5.91 Å². The van der Waals surface area contributed by atoms with Crippen molar-refractivity contribution in [2.75, 3.05) is 12.4 Å². The van der Waals surface area contributed by atoms with E-state index in [9.17, 15) is 4.79 Å². The summed E-state index contributed by atoms with van der Waals surface area (Å²) >= 11 is 5.99. The number of ether oxygens (including phenoxy) is 1. The zero-order chi connectivity index (χ0) is 20.9. The molecule has 0 aliphatic heterocycles. The van der Waals surface area contributed by atoms with Crippen molar-refractivity contribution in [3.05, 3.63) is 102 Å². The van der Waals surface area contributed by atoms with E-state index >= 15 is 0 Å². The first-order valence-electron chi connectivity index (χ1n) is 9.42.